The number of amides is 1. The van der Waals surface area contributed by atoms with Crippen molar-refractivity contribution in [1.29, 1.82) is 0 Å². The number of rotatable bonds is 5. The van der Waals surface area contributed by atoms with Crippen molar-refractivity contribution in [2.75, 3.05) is 0 Å². The van der Waals surface area contributed by atoms with Gasteiger partial charge < -0.3 is 10.4 Å². The van der Waals surface area contributed by atoms with Crippen molar-refractivity contribution >= 4 is 17.9 Å². The van der Waals surface area contributed by atoms with Gasteiger partial charge in [0.15, 0.2) is 0 Å². The molecule has 0 radical (unpaired) electrons. The number of aliphatic hydroxyl groups is 1. The molecule has 30 heavy (non-hydrogen) atoms. The number of nitrogens with one attached hydrogen (secondary N) is 2. The van der Waals surface area contributed by atoms with E-state index in [-0.39, 0.29) is 22.8 Å². The molecule has 1 aromatic carbocycles. The zero-order valence-electron chi connectivity index (χ0n) is 17.8. The van der Waals surface area contributed by atoms with Gasteiger partial charge in [-0.3, -0.25) is 4.79 Å². The van der Waals surface area contributed by atoms with Crippen molar-refractivity contribution in [3.8, 4) is 0 Å². The van der Waals surface area contributed by atoms with Gasteiger partial charge in [-0.05, 0) is 88.3 Å². The maximum absolute atomic E-state index is 13.2. The van der Waals surface area contributed by atoms with Crippen LogP contribution in [0, 0.1) is 17.8 Å². The Hall–Kier alpha value is -1.25. The van der Waals surface area contributed by atoms with Crippen LogP contribution in [0.2, 0.25) is 0 Å². The number of carbonyl (C=O) groups is 1. The molecule has 2 fully saturated rings. The van der Waals surface area contributed by atoms with Crippen LogP contribution in [-0.2, 0) is 11.0 Å². The number of hydrogen-bond donors (Lipinski definition) is 3. The normalized spacial score (nSPS) is 32.0. The first-order valence-corrected chi connectivity index (χ1v) is 11.2. The number of halogens is 3. The maximum Gasteiger partial charge on any atom is 0.417 e. The summed E-state index contributed by atoms with van der Waals surface area (Å²) in [5.74, 6) is 0.728. The first-order valence-electron chi connectivity index (χ1n) is 10.4. The minimum Gasteiger partial charge on any atom is -0.390 e. The van der Waals surface area contributed by atoms with Crippen molar-refractivity contribution < 1.29 is 23.1 Å². The smallest absolute Gasteiger partial charge is 0.390 e. The molecule has 168 valence electrons. The first-order chi connectivity index (χ1) is 13.8. The minimum atomic E-state index is -4.45. The Labute approximate surface area is 180 Å². The van der Waals surface area contributed by atoms with Crippen LogP contribution in [0.4, 0.5) is 13.2 Å². The van der Waals surface area contributed by atoms with Crippen LogP contribution in [0.1, 0.15) is 58.9 Å². The molecule has 4 nitrogen and oxygen atoms in total. The van der Waals surface area contributed by atoms with Crippen LogP contribution < -0.4 is 10.0 Å². The van der Waals surface area contributed by atoms with E-state index in [4.69, 9.17) is 0 Å². The summed E-state index contributed by atoms with van der Waals surface area (Å²) in [6.45, 7) is 7.32. The Bertz CT molecular complexity index is 780. The van der Waals surface area contributed by atoms with E-state index in [0.717, 1.165) is 37.3 Å². The standard InChI is InChI=1S/C22H31F3N2O2S/c1-13-9-14-10-15(12-21(4,29)11-14)18(13)26-19(28)20(2,3)27-30-17-8-6-5-7-16(17)22(23,24)25/h5-8,13-15,18,27,29H,9-12H2,1-4H3,(H,26,28). The van der Waals surface area contributed by atoms with Gasteiger partial charge in [-0.15, -0.1) is 0 Å². The number of benzene rings is 1. The van der Waals surface area contributed by atoms with E-state index in [2.05, 4.69) is 17.0 Å². The van der Waals surface area contributed by atoms with Gasteiger partial charge in [-0.1, -0.05) is 19.1 Å². The van der Waals surface area contributed by atoms with Gasteiger partial charge in [0.1, 0.15) is 5.54 Å². The van der Waals surface area contributed by atoms with Gasteiger partial charge in [0.05, 0.1) is 11.2 Å². The fourth-order valence-corrected chi connectivity index (χ4v) is 5.96. The van der Waals surface area contributed by atoms with Crippen molar-refractivity contribution in [3.05, 3.63) is 29.8 Å². The topological polar surface area (TPSA) is 61.4 Å². The second kappa shape index (κ2) is 8.36. The largest absolute Gasteiger partial charge is 0.417 e. The zero-order chi connectivity index (χ0) is 22.3. The second-order valence-electron chi connectivity index (χ2n) is 9.80. The molecule has 1 amide bonds. The number of fused-ring (bicyclic) bond motifs is 2. The summed E-state index contributed by atoms with van der Waals surface area (Å²) >= 11 is 0.819. The molecular weight excluding hydrogens is 413 g/mol. The number of hydrogen-bond acceptors (Lipinski definition) is 4. The molecule has 0 aliphatic heterocycles. The monoisotopic (exact) mass is 444 g/mol. The zero-order valence-corrected chi connectivity index (χ0v) is 18.7. The van der Waals surface area contributed by atoms with Crippen molar-refractivity contribution in [2.45, 2.75) is 81.6 Å². The lowest BCUT2D eigenvalue weighted by Gasteiger charge is -2.49. The Morgan fingerprint density at radius 2 is 1.87 bits per heavy atom. The second-order valence-corrected chi connectivity index (χ2v) is 10.7. The maximum atomic E-state index is 13.2. The predicted octanol–water partition coefficient (Wildman–Crippen LogP) is 4.77. The highest BCUT2D eigenvalue weighted by Gasteiger charge is 2.46. The molecule has 0 heterocycles. The Balaban J connectivity index is 1.66. The molecule has 0 aromatic heterocycles. The summed E-state index contributed by atoms with van der Waals surface area (Å²) in [5.41, 5.74) is -2.51. The van der Waals surface area contributed by atoms with Crippen LogP contribution in [0.3, 0.4) is 0 Å². The molecule has 3 rings (SSSR count). The van der Waals surface area contributed by atoms with Gasteiger partial charge in [-0.2, -0.15) is 13.2 Å². The molecule has 3 N–H and O–H groups in total. The quantitative estimate of drug-likeness (QED) is 0.573. The van der Waals surface area contributed by atoms with Crippen LogP contribution in [0.5, 0.6) is 0 Å². The van der Waals surface area contributed by atoms with Crippen molar-refractivity contribution in [2.24, 2.45) is 17.8 Å². The summed E-state index contributed by atoms with van der Waals surface area (Å²) in [4.78, 5) is 13.1. The SMILES string of the molecule is CC1CC2CC(CC(C)(O)C2)C1NC(=O)C(C)(C)NSc1ccccc1C(F)(F)F. The highest BCUT2D eigenvalue weighted by atomic mass is 32.2. The first kappa shape index (κ1) is 23.4. The molecule has 0 spiro atoms. The average molecular weight is 445 g/mol. The fourth-order valence-electron chi connectivity index (χ4n) is 5.07. The van der Waals surface area contributed by atoms with Crippen LogP contribution in [0.25, 0.3) is 0 Å². The lowest BCUT2D eigenvalue weighted by Crippen LogP contribution is -2.59. The summed E-state index contributed by atoms with van der Waals surface area (Å²) in [6, 6.07) is 5.27. The molecule has 8 heteroatoms. The van der Waals surface area contributed by atoms with Crippen LogP contribution in [0.15, 0.2) is 29.2 Å². The van der Waals surface area contributed by atoms with Gasteiger partial charge >= 0.3 is 6.18 Å². The Kier molecular flexibility index (Phi) is 6.52. The Morgan fingerprint density at radius 3 is 2.53 bits per heavy atom. The van der Waals surface area contributed by atoms with E-state index in [1.165, 1.54) is 12.1 Å². The molecule has 2 aliphatic rings. The summed E-state index contributed by atoms with van der Waals surface area (Å²) in [7, 11) is 0. The molecule has 0 saturated heterocycles. The average Bonchev–Trinajstić information content (AvgIpc) is 2.61. The predicted molar refractivity (Wildman–Crippen MR) is 112 cm³/mol. The molecule has 1 aromatic rings. The van der Waals surface area contributed by atoms with Gasteiger partial charge in [0.2, 0.25) is 5.91 Å². The summed E-state index contributed by atoms with van der Waals surface area (Å²) in [6.07, 6.45) is -1.05. The van der Waals surface area contributed by atoms with Gasteiger partial charge in [-0.25, -0.2) is 4.72 Å². The fraction of sp³-hybridized carbons (Fsp3) is 0.682. The molecule has 2 aliphatic carbocycles. The van der Waals surface area contributed by atoms with Crippen LogP contribution >= 0.6 is 11.9 Å². The molecule has 5 unspecified atom stereocenters. The van der Waals surface area contributed by atoms with E-state index in [0.29, 0.717) is 18.3 Å². The van der Waals surface area contributed by atoms with Gasteiger partial charge in [0.25, 0.3) is 0 Å². The summed E-state index contributed by atoms with van der Waals surface area (Å²) in [5, 5.41) is 13.7. The van der Waals surface area contributed by atoms with Crippen LogP contribution in [-0.4, -0.2) is 28.2 Å². The van der Waals surface area contributed by atoms with E-state index < -0.39 is 22.9 Å². The lowest BCUT2D eigenvalue weighted by molar-refractivity contribution is -0.139. The van der Waals surface area contributed by atoms with Crippen molar-refractivity contribution in [1.82, 2.24) is 10.0 Å². The molecule has 2 saturated carbocycles. The van der Waals surface area contributed by atoms with E-state index in [1.54, 1.807) is 19.9 Å². The van der Waals surface area contributed by atoms with E-state index in [1.807, 2.05) is 6.92 Å². The molecule has 5 atom stereocenters. The van der Waals surface area contributed by atoms with Crippen molar-refractivity contribution in [3.63, 3.8) is 0 Å². The third-order valence-electron chi connectivity index (χ3n) is 6.37. The molecule has 2 bridgehead atoms. The minimum absolute atomic E-state index is 0.0306. The number of carbonyl (C=O) groups excluding carboxylic acids is 1. The third-order valence-corrected chi connectivity index (χ3v) is 7.55. The highest BCUT2D eigenvalue weighted by molar-refractivity contribution is 7.97. The Morgan fingerprint density at radius 1 is 1.20 bits per heavy atom. The highest BCUT2D eigenvalue weighted by Crippen LogP contribution is 2.46. The number of alkyl halides is 3. The third kappa shape index (κ3) is 5.32. The molecular formula is C22H31F3N2O2S. The lowest BCUT2D eigenvalue weighted by atomic mass is 9.61. The summed E-state index contributed by atoms with van der Waals surface area (Å²) < 4.78 is 42.6. The van der Waals surface area contributed by atoms with E-state index in [9.17, 15) is 23.1 Å². The van der Waals surface area contributed by atoms with Gasteiger partial charge in [0, 0.05) is 10.9 Å². The van der Waals surface area contributed by atoms with E-state index >= 15 is 0 Å².